The predicted molar refractivity (Wildman–Crippen MR) is 126 cm³/mol. The molecule has 1 aliphatic heterocycles. The van der Waals surface area contributed by atoms with E-state index in [9.17, 15) is 18.0 Å². The second kappa shape index (κ2) is 12.3. The Bertz CT molecular complexity index is 841. The van der Waals surface area contributed by atoms with Gasteiger partial charge in [0.25, 0.3) is 0 Å². The monoisotopic (exact) mass is 466 g/mol. The molecule has 0 saturated carbocycles. The molecule has 8 nitrogen and oxygen atoms in total. The number of likely N-dealkylation sites (N-methyl/N-ethyl adjacent to an activating group) is 1. The maximum Gasteiger partial charge on any atom is 0.243 e. The lowest BCUT2D eigenvalue weighted by atomic mass is 10.1. The third kappa shape index (κ3) is 6.76. The van der Waals surface area contributed by atoms with Gasteiger partial charge in [-0.15, -0.1) is 0 Å². The Labute approximate surface area is 193 Å². The molecular weight excluding hydrogens is 428 g/mol. The summed E-state index contributed by atoms with van der Waals surface area (Å²) in [7, 11) is -3.46. The predicted octanol–water partition coefficient (Wildman–Crippen LogP) is 1.66. The van der Waals surface area contributed by atoms with Crippen LogP contribution < -0.4 is 0 Å². The smallest absolute Gasteiger partial charge is 0.243 e. The average molecular weight is 467 g/mol. The number of aryl methyl sites for hydroxylation is 1. The minimum atomic E-state index is -3.46. The number of rotatable bonds is 11. The van der Waals surface area contributed by atoms with Gasteiger partial charge in [0, 0.05) is 58.8 Å². The molecule has 1 fully saturated rings. The lowest BCUT2D eigenvalue weighted by molar-refractivity contribution is -0.135. The summed E-state index contributed by atoms with van der Waals surface area (Å²) in [6.07, 6.45) is 0.964. The van der Waals surface area contributed by atoms with Crippen molar-refractivity contribution < 1.29 is 18.0 Å². The lowest BCUT2D eigenvalue weighted by Gasteiger charge is -2.35. The number of benzene rings is 1. The van der Waals surface area contributed by atoms with Gasteiger partial charge in [-0.25, -0.2) is 8.42 Å². The summed E-state index contributed by atoms with van der Waals surface area (Å²) in [4.78, 5) is 31.0. The topological polar surface area (TPSA) is 81.2 Å². The number of carbonyl (C=O) groups is 2. The highest BCUT2D eigenvalue weighted by atomic mass is 32.2. The summed E-state index contributed by atoms with van der Waals surface area (Å²) in [5, 5.41) is 0. The second-order valence-corrected chi connectivity index (χ2v) is 9.89. The first-order valence-corrected chi connectivity index (χ1v) is 13.1. The standard InChI is InChI=1S/C23H38N4O4S/c1-5-25(6-2)23(29)19-24-15-17-26(18-16-24)22(28)14-11-20-9-12-21(13-10-20)32(30,31)27(7-3)8-4/h9-10,12-13H,5-8,11,14-19H2,1-4H3. The largest absolute Gasteiger partial charge is 0.342 e. The number of hydrogen-bond donors (Lipinski definition) is 0. The fourth-order valence-corrected chi connectivity index (χ4v) is 5.43. The number of sulfonamides is 1. The van der Waals surface area contributed by atoms with Crippen LogP contribution in [0.5, 0.6) is 0 Å². The summed E-state index contributed by atoms with van der Waals surface area (Å²) in [5.41, 5.74) is 0.945. The Kier molecular flexibility index (Phi) is 10.1. The van der Waals surface area contributed by atoms with Crippen LogP contribution in [0.15, 0.2) is 29.2 Å². The van der Waals surface area contributed by atoms with Crippen LogP contribution in [-0.4, -0.2) is 98.1 Å². The Morgan fingerprint density at radius 2 is 1.44 bits per heavy atom. The zero-order chi connectivity index (χ0) is 23.7. The van der Waals surface area contributed by atoms with Crippen molar-refractivity contribution in [2.24, 2.45) is 0 Å². The quantitative estimate of drug-likeness (QED) is 0.496. The number of nitrogens with zero attached hydrogens (tertiary/aromatic N) is 4. The first-order chi connectivity index (χ1) is 15.3. The third-order valence-corrected chi connectivity index (χ3v) is 8.16. The van der Waals surface area contributed by atoms with Crippen molar-refractivity contribution in [1.82, 2.24) is 19.0 Å². The van der Waals surface area contributed by atoms with Crippen molar-refractivity contribution in [1.29, 1.82) is 0 Å². The maximum absolute atomic E-state index is 12.6. The van der Waals surface area contributed by atoms with Crippen LogP contribution in [-0.2, 0) is 26.0 Å². The Hall–Kier alpha value is -1.97. The molecule has 0 atom stereocenters. The molecule has 1 heterocycles. The molecule has 32 heavy (non-hydrogen) atoms. The number of amides is 2. The maximum atomic E-state index is 12.6. The van der Waals surface area contributed by atoms with Crippen molar-refractivity contribution in [2.75, 3.05) is 58.9 Å². The average Bonchev–Trinajstić information content (AvgIpc) is 2.79. The van der Waals surface area contributed by atoms with Gasteiger partial charge >= 0.3 is 0 Å². The first-order valence-electron chi connectivity index (χ1n) is 11.6. The molecule has 0 bridgehead atoms. The van der Waals surface area contributed by atoms with E-state index in [1.807, 2.05) is 37.5 Å². The van der Waals surface area contributed by atoms with Gasteiger partial charge in [0.05, 0.1) is 11.4 Å². The van der Waals surface area contributed by atoms with Crippen LogP contribution >= 0.6 is 0 Å². The number of piperazine rings is 1. The van der Waals surface area contributed by atoms with E-state index in [4.69, 9.17) is 0 Å². The molecule has 1 aromatic carbocycles. The van der Waals surface area contributed by atoms with Gasteiger partial charge in [-0.1, -0.05) is 26.0 Å². The van der Waals surface area contributed by atoms with Gasteiger partial charge in [-0.3, -0.25) is 14.5 Å². The van der Waals surface area contributed by atoms with Gasteiger partial charge in [0.1, 0.15) is 0 Å². The Balaban J connectivity index is 1.82. The van der Waals surface area contributed by atoms with Crippen molar-refractivity contribution in [3.63, 3.8) is 0 Å². The van der Waals surface area contributed by atoms with Crippen LogP contribution in [0.2, 0.25) is 0 Å². The number of hydrogen-bond acceptors (Lipinski definition) is 5. The van der Waals surface area contributed by atoms with Crippen molar-refractivity contribution in [3.05, 3.63) is 29.8 Å². The summed E-state index contributed by atoms with van der Waals surface area (Å²) in [5.74, 6) is 0.237. The second-order valence-electron chi connectivity index (χ2n) is 7.96. The summed E-state index contributed by atoms with van der Waals surface area (Å²) in [6.45, 7) is 13.0. The van der Waals surface area contributed by atoms with E-state index in [0.717, 1.165) is 18.7 Å². The van der Waals surface area contributed by atoms with Crippen LogP contribution in [0.4, 0.5) is 0 Å². The van der Waals surface area contributed by atoms with Crippen LogP contribution in [0.3, 0.4) is 0 Å². The molecule has 0 N–H and O–H groups in total. The minimum absolute atomic E-state index is 0.0968. The zero-order valence-corrected chi connectivity index (χ0v) is 20.7. The molecule has 1 aliphatic rings. The van der Waals surface area contributed by atoms with E-state index in [1.54, 1.807) is 24.3 Å². The van der Waals surface area contributed by atoms with Crippen molar-refractivity contribution in [3.8, 4) is 0 Å². The van der Waals surface area contributed by atoms with Gasteiger partial charge in [0.15, 0.2) is 0 Å². The van der Waals surface area contributed by atoms with Gasteiger partial charge in [-0.05, 0) is 38.0 Å². The highest BCUT2D eigenvalue weighted by Gasteiger charge is 2.24. The minimum Gasteiger partial charge on any atom is -0.342 e. The highest BCUT2D eigenvalue weighted by Crippen LogP contribution is 2.17. The van der Waals surface area contributed by atoms with Crippen LogP contribution in [0.25, 0.3) is 0 Å². The molecular formula is C23H38N4O4S. The van der Waals surface area contributed by atoms with E-state index < -0.39 is 10.0 Å². The zero-order valence-electron chi connectivity index (χ0n) is 19.9. The van der Waals surface area contributed by atoms with E-state index >= 15 is 0 Å². The summed E-state index contributed by atoms with van der Waals surface area (Å²) >= 11 is 0. The fraction of sp³-hybridized carbons (Fsp3) is 0.652. The van der Waals surface area contributed by atoms with E-state index in [2.05, 4.69) is 4.90 Å². The molecule has 0 unspecified atom stereocenters. The molecule has 9 heteroatoms. The van der Waals surface area contributed by atoms with Gasteiger partial charge in [-0.2, -0.15) is 4.31 Å². The van der Waals surface area contributed by atoms with Crippen molar-refractivity contribution in [2.45, 2.75) is 45.4 Å². The molecule has 2 rings (SSSR count). The molecule has 1 aromatic rings. The Morgan fingerprint density at radius 3 is 1.94 bits per heavy atom. The lowest BCUT2D eigenvalue weighted by Crippen LogP contribution is -2.51. The molecule has 0 spiro atoms. The highest BCUT2D eigenvalue weighted by molar-refractivity contribution is 7.89. The molecule has 2 amide bonds. The summed E-state index contributed by atoms with van der Waals surface area (Å²) in [6, 6.07) is 6.83. The normalized spacial score (nSPS) is 15.2. The summed E-state index contributed by atoms with van der Waals surface area (Å²) < 4.78 is 26.6. The van der Waals surface area contributed by atoms with E-state index in [1.165, 1.54) is 4.31 Å². The molecule has 180 valence electrons. The molecule has 1 saturated heterocycles. The van der Waals surface area contributed by atoms with Gasteiger partial charge in [0.2, 0.25) is 21.8 Å². The third-order valence-electron chi connectivity index (χ3n) is 6.09. The molecule has 0 radical (unpaired) electrons. The van der Waals surface area contributed by atoms with Crippen molar-refractivity contribution >= 4 is 21.8 Å². The fourth-order valence-electron chi connectivity index (χ4n) is 3.97. The van der Waals surface area contributed by atoms with Gasteiger partial charge < -0.3 is 9.80 Å². The van der Waals surface area contributed by atoms with Crippen LogP contribution in [0, 0.1) is 0 Å². The van der Waals surface area contributed by atoms with E-state index in [0.29, 0.717) is 58.7 Å². The Morgan fingerprint density at radius 1 is 0.875 bits per heavy atom. The van der Waals surface area contributed by atoms with E-state index in [-0.39, 0.29) is 16.7 Å². The first kappa shape index (κ1) is 26.3. The molecule has 0 aliphatic carbocycles. The SMILES string of the molecule is CCN(CC)C(=O)CN1CCN(C(=O)CCc2ccc(S(=O)(=O)N(CC)CC)cc2)CC1. The molecule has 0 aromatic heterocycles. The number of carbonyl (C=O) groups excluding carboxylic acids is 2. The van der Waals surface area contributed by atoms with Crippen LogP contribution in [0.1, 0.15) is 39.7 Å².